The van der Waals surface area contributed by atoms with Gasteiger partial charge in [-0.1, -0.05) is 36.2 Å². The summed E-state index contributed by atoms with van der Waals surface area (Å²) in [5.74, 6) is 1.25. The lowest BCUT2D eigenvalue weighted by molar-refractivity contribution is 0.0696. The molecule has 0 radical (unpaired) electrons. The Morgan fingerprint density at radius 3 is 2.67 bits per heavy atom. The molecule has 1 saturated heterocycles. The van der Waals surface area contributed by atoms with Crippen LogP contribution in [0, 0.1) is 23.2 Å². The zero-order chi connectivity index (χ0) is 29.4. The number of nitrogens with zero attached hydrogens (tertiary/aromatic N) is 2. The fraction of sp³-hybridized carbons (Fsp3) is 0.531. The lowest BCUT2D eigenvalue weighted by Gasteiger charge is -2.55. The minimum absolute atomic E-state index is 0.0345. The molecule has 1 saturated carbocycles. The number of benzene rings is 2. The van der Waals surface area contributed by atoms with Crippen LogP contribution in [0.5, 0.6) is 5.75 Å². The van der Waals surface area contributed by atoms with Gasteiger partial charge in [-0.25, -0.2) is 9.93 Å². The highest BCUT2D eigenvalue weighted by atomic mass is 35.5. The number of nitrogens with two attached hydrogens (primary N) is 1. The second-order valence-corrected chi connectivity index (χ2v) is 15.4. The molecular formula is C32H38ClN3O5S. The molecular weight excluding hydrogens is 574 g/mol. The van der Waals surface area contributed by atoms with E-state index in [2.05, 4.69) is 30.0 Å². The van der Waals surface area contributed by atoms with Crippen molar-refractivity contribution in [3.63, 3.8) is 0 Å². The minimum Gasteiger partial charge on any atom is -0.490 e. The van der Waals surface area contributed by atoms with Crippen molar-refractivity contribution in [2.45, 2.75) is 50.9 Å². The molecule has 3 aliphatic carbocycles. The van der Waals surface area contributed by atoms with E-state index in [1.54, 1.807) is 12.1 Å². The summed E-state index contributed by atoms with van der Waals surface area (Å²) in [5, 5.41) is 15.9. The monoisotopic (exact) mass is 611 g/mol. The first kappa shape index (κ1) is 28.2. The van der Waals surface area contributed by atoms with Gasteiger partial charge in [-0.15, -0.1) is 0 Å². The predicted octanol–water partition coefficient (Wildman–Crippen LogP) is 5.01. The third-order valence-electron chi connectivity index (χ3n) is 10.8. The number of hydrogen-bond donors (Lipinski definition) is 2. The fourth-order valence-corrected chi connectivity index (χ4v) is 9.46. The maximum Gasteiger partial charge on any atom is 0.335 e. The molecule has 7 rings (SSSR count). The third-order valence-corrected chi connectivity index (χ3v) is 12.0. The minimum atomic E-state index is -3.61. The molecule has 2 aromatic carbocycles. The molecule has 0 bridgehead atoms. The van der Waals surface area contributed by atoms with Gasteiger partial charge in [0.25, 0.3) is 10.2 Å². The maximum atomic E-state index is 12.0. The van der Waals surface area contributed by atoms with Crippen LogP contribution in [-0.4, -0.2) is 56.6 Å². The van der Waals surface area contributed by atoms with E-state index >= 15 is 0 Å². The van der Waals surface area contributed by atoms with Crippen molar-refractivity contribution < 1.29 is 23.1 Å². The Morgan fingerprint density at radius 1 is 1.19 bits per heavy atom. The number of hydrogen-bond acceptors (Lipinski definition) is 5. The number of rotatable bonds is 6. The van der Waals surface area contributed by atoms with Gasteiger partial charge in [0.15, 0.2) is 0 Å². The highest BCUT2D eigenvalue weighted by Gasteiger charge is 2.52. The fourth-order valence-electron chi connectivity index (χ4n) is 8.39. The van der Waals surface area contributed by atoms with Gasteiger partial charge in [-0.3, -0.25) is 0 Å². The van der Waals surface area contributed by atoms with Crippen LogP contribution < -0.4 is 14.8 Å². The number of ether oxygens (including phenoxy) is 1. The Balaban J connectivity index is 1.15. The van der Waals surface area contributed by atoms with Crippen LogP contribution in [0.1, 0.15) is 60.5 Å². The van der Waals surface area contributed by atoms with Crippen LogP contribution >= 0.6 is 11.6 Å². The molecule has 42 heavy (non-hydrogen) atoms. The molecule has 2 heterocycles. The summed E-state index contributed by atoms with van der Waals surface area (Å²) in [5.41, 5.74) is 4.92. The molecule has 8 nitrogen and oxygen atoms in total. The predicted molar refractivity (Wildman–Crippen MR) is 162 cm³/mol. The van der Waals surface area contributed by atoms with Gasteiger partial charge >= 0.3 is 5.97 Å². The van der Waals surface area contributed by atoms with Gasteiger partial charge in [0, 0.05) is 42.0 Å². The summed E-state index contributed by atoms with van der Waals surface area (Å²) in [7, 11) is -3.61. The molecule has 5 aliphatic rings. The Kier molecular flexibility index (Phi) is 6.70. The topological polar surface area (TPSA) is 113 Å². The Bertz CT molecular complexity index is 1590. The summed E-state index contributed by atoms with van der Waals surface area (Å²) in [6, 6.07) is 11.5. The SMILES string of the molecule is C[C@@H](C1=CC2(C1)CN(S(N)(=O)=O)C2)[C@@H]1CC[C@H]1CN1C[C@@]2(CCCc3cc(Cl)ccc32)COc2ccc(C(=O)O)cc21. The van der Waals surface area contributed by atoms with Crippen LogP contribution in [-0.2, 0) is 22.0 Å². The molecule has 224 valence electrons. The summed E-state index contributed by atoms with van der Waals surface area (Å²) in [6.07, 6.45) is 8.61. The summed E-state index contributed by atoms with van der Waals surface area (Å²) >= 11 is 6.39. The highest BCUT2D eigenvalue weighted by molar-refractivity contribution is 7.86. The number of fused-ring (bicyclic) bond motifs is 3. The zero-order valence-corrected chi connectivity index (χ0v) is 25.5. The van der Waals surface area contributed by atoms with Crippen LogP contribution in [0.25, 0.3) is 0 Å². The summed E-state index contributed by atoms with van der Waals surface area (Å²) < 4.78 is 31.2. The van der Waals surface area contributed by atoms with Crippen LogP contribution in [0.3, 0.4) is 0 Å². The molecule has 2 spiro atoms. The molecule has 10 heteroatoms. The first-order chi connectivity index (χ1) is 20.0. The van der Waals surface area contributed by atoms with Gasteiger partial charge in [0.2, 0.25) is 0 Å². The highest BCUT2D eigenvalue weighted by Crippen LogP contribution is 2.54. The third kappa shape index (κ3) is 4.73. The van der Waals surface area contributed by atoms with Crippen molar-refractivity contribution >= 4 is 33.5 Å². The lowest BCUT2D eigenvalue weighted by atomic mass is 9.58. The quantitative estimate of drug-likeness (QED) is 0.444. The molecule has 3 N–H and O–H groups in total. The molecule has 4 atom stereocenters. The second kappa shape index (κ2) is 9.97. The number of carboxylic acid groups (broad SMARTS) is 1. The van der Waals surface area contributed by atoms with E-state index in [1.165, 1.54) is 21.0 Å². The second-order valence-electron chi connectivity index (χ2n) is 13.5. The van der Waals surface area contributed by atoms with Gasteiger partial charge in [-0.05, 0) is 97.7 Å². The van der Waals surface area contributed by atoms with E-state index in [-0.39, 0.29) is 16.4 Å². The van der Waals surface area contributed by atoms with E-state index in [0.717, 1.165) is 68.1 Å². The lowest BCUT2D eigenvalue weighted by Crippen LogP contribution is -2.62. The average Bonchev–Trinajstić information content (AvgIpc) is 3.01. The number of aromatic carboxylic acids is 1. The van der Waals surface area contributed by atoms with Crippen LogP contribution in [0.15, 0.2) is 48.0 Å². The maximum absolute atomic E-state index is 12.0. The Labute approximate surface area is 252 Å². The number of carboxylic acids is 1. The molecule has 0 aromatic heterocycles. The van der Waals surface area contributed by atoms with Crippen LogP contribution in [0.4, 0.5) is 5.69 Å². The number of halogens is 1. The zero-order valence-electron chi connectivity index (χ0n) is 23.9. The van der Waals surface area contributed by atoms with Crippen molar-refractivity contribution in [1.29, 1.82) is 0 Å². The van der Waals surface area contributed by atoms with Gasteiger partial charge in [0.1, 0.15) is 5.75 Å². The van der Waals surface area contributed by atoms with Crippen LogP contribution in [0.2, 0.25) is 5.02 Å². The van der Waals surface area contributed by atoms with E-state index < -0.39 is 16.2 Å². The van der Waals surface area contributed by atoms with Crippen molar-refractivity contribution in [1.82, 2.24) is 4.31 Å². The van der Waals surface area contributed by atoms with E-state index in [0.29, 0.717) is 37.5 Å². The molecule has 0 amide bonds. The molecule has 2 aromatic rings. The van der Waals surface area contributed by atoms with Crippen molar-refractivity contribution in [3.8, 4) is 5.75 Å². The smallest absolute Gasteiger partial charge is 0.335 e. The van der Waals surface area contributed by atoms with E-state index in [1.807, 2.05) is 12.1 Å². The van der Waals surface area contributed by atoms with Crippen molar-refractivity contribution in [2.75, 3.05) is 37.7 Å². The van der Waals surface area contributed by atoms with Gasteiger partial charge < -0.3 is 14.7 Å². The van der Waals surface area contributed by atoms with Gasteiger partial charge in [-0.2, -0.15) is 12.7 Å². The first-order valence-electron chi connectivity index (χ1n) is 15.0. The molecule has 2 aliphatic heterocycles. The summed E-state index contributed by atoms with van der Waals surface area (Å²) in [6.45, 7) is 5.45. The van der Waals surface area contributed by atoms with E-state index in [9.17, 15) is 18.3 Å². The Morgan fingerprint density at radius 2 is 1.98 bits per heavy atom. The number of aryl methyl sites for hydroxylation is 1. The number of allylic oxidation sites excluding steroid dienone is 1. The number of anilines is 1. The van der Waals surface area contributed by atoms with Crippen molar-refractivity contribution in [3.05, 3.63) is 69.8 Å². The largest absolute Gasteiger partial charge is 0.490 e. The first-order valence-corrected chi connectivity index (χ1v) is 16.9. The Hall–Kier alpha value is -2.59. The van der Waals surface area contributed by atoms with Gasteiger partial charge in [0.05, 0.1) is 17.9 Å². The molecule has 2 fully saturated rings. The normalized spacial score (nSPS) is 28.7. The van der Waals surface area contributed by atoms with Crippen molar-refractivity contribution in [2.24, 2.45) is 28.3 Å². The number of carbonyl (C=O) groups is 1. The van der Waals surface area contributed by atoms with E-state index in [4.69, 9.17) is 21.5 Å². The molecule has 0 unspecified atom stereocenters. The average molecular weight is 612 g/mol. The summed E-state index contributed by atoms with van der Waals surface area (Å²) in [4.78, 5) is 14.4. The standard InChI is InChI=1S/C32H38ClN3O5S/c1-20(24-13-31(14-24)16-36(17-31)42(34,39)40)26-7-4-23(26)15-35-18-32(10-2-3-21-11-25(33)6-8-27(21)32)19-41-29-9-5-22(30(37)38)12-28(29)35/h5-6,8-9,11-13,20,23,26H,2-4,7,10,14-19H2,1H3,(H,37,38)(H2,34,39,40)/t20-,23-,26-,32-/m0/s1.